The van der Waals surface area contributed by atoms with Crippen molar-refractivity contribution >= 4 is 15.9 Å². The quantitative estimate of drug-likeness (QED) is 0.723. The number of rotatable bonds is 6. The molecule has 0 aliphatic rings. The van der Waals surface area contributed by atoms with Gasteiger partial charge < -0.3 is 10.4 Å². The molecule has 1 rings (SSSR count). The number of carbonyl (C=O) groups excluding carboxylic acids is 1. The van der Waals surface area contributed by atoms with Gasteiger partial charge in [-0.2, -0.15) is 0 Å². The van der Waals surface area contributed by atoms with Gasteiger partial charge in [0.2, 0.25) is 15.9 Å². The predicted octanol–water partition coefficient (Wildman–Crippen LogP) is 0.790. The van der Waals surface area contributed by atoms with Crippen molar-refractivity contribution in [1.82, 2.24) is 10.0 Å². The minimum absolute atomic E-state index is 0.00678. The van der Waals surface area contributed by atoms with Gasteiger partial charge in [-0.25, -0.2) is 13.1 Å². The maximum absolute atomic E-state index is 12.2. The van der Waals surface area contributed by atoms with Gasteiger partial charge in [-0.05, 0) is 38.5 Å². The van der Waals surface area contributed by atoms with Gasteiger partial charge in [-0.15, -0.1) is 0 Å². The number of carbonyl (C=O) groups is 1. The first-order chi connectivity index (χ1) is 9.60. The number of hydrogen-bond acceptors (Lipinski definition) is 4. The Morgan fingerprint density at radius 2 is 1.81 bits per heavy atom. The minimum Gasteiger partial charge on any atom is -0.389 e. The summed E-state index contributed by atoms with van der Waals surface area (Å²) >= 11 is 0. The van der Waals surface area contributed by atoms with Gasteiger partial charge in [0, 0.05) is 13.6 Å². The smallest absolute Gasteiger partial charge is 0.240 e. The second-order valence-corrected chi connectivity index (χ2v) is 7.30. The summed E-state index contributed by atoms with van der Waals surface area (Å²) in [5.74, 6) is -0.241. The molecule has 0 aromatic heterocycles. The predicted molar refractivity (Wildman–Crippen MR) is 80.1 cm³/mol. The van der Waals surface area contributed by atoms with E-state index in [1.165, 1.54) is 19.2 Å². The van der Waals surface area contributed by atoms with E-state index in [0.29, 0.717) is 5.56 Å². The van der Waals surface area contributed by atoms with Crippen LogP contribution in [0, 0.1) is 5.41 Å². The third-order valence-electron chi connectivity index (χ3n) is 3.22. The van der Waals surface area contributed by atoms with Crippen LogP contribution < -0.4 is 10.0 Å². The maximum atomic E-state index is 12.2. The Labute approximate surface area is 125 Å². The van der Waals surface area contributed by atoms with Crippen molar-refractivity contribution in [2.75, 3.05) is 13.6 Å². The molecule has 118 valence electrons. The SMILES string of the molecule is CNC(=O)C(C)(C)CNS(=O)(=O)c1ccc(C(C)O)cc1. The molecule has 21 heavy (non-hydrogen) atoms. The summed E-state index contributed by atoms with van der Waals surface area (Å²) in [4.78, 5) is 11.7. The summed E-state index contributed by atoms with van der Waals surface area (Å²) in [7, 11) is -2.18. The lowest BCUT2D eigenvalue weighted by Crippen LogP contribution is -2.43. The third-order valence-corrected chi connectivity index (χ3v) is 4.64. The zero-order valence-corrected chi connectivity index (χ0v) is 13.5. The second-order valence-electron chi connectivity index (χ2n) is 5.53. The zero-order chi connectivity index (χ0) is 16.3. The van der Waals surface area contributed by atoms with Gasteiger partial charge in [0.1, 0.15) is 0 Å². The highest BCUT2D eigenvalue weighted by Gasteiger charge is 2.28. The Bertz CT molecular complexity index is 592. The van der Waals surface area contributed by atoms with Gasteiger partial charge in [0.05, 0.1) is 16.4 Å². The number of hydrogen-bond donors (Lipinski definition) is 3. The molecule has 0 aliphatic heterocycles. The molecule has 0 bridgehead atoms. The van der Waals surface area contributed by atoms with Gasteiger partial charge in [-0.1, -0.05) is 12.1 Å². The van der Waals surface area contributed by atoms with E-state index in [4.69, 9.17) is 0 Å². The molecule has 1 amide bonds. The van der Waals surface area contributed by atoms with Crippen LogP contribution in [0.1, 0.15) is 32.4 Å². The normalized spacial score (nSPS) is 13.8. The van der Waals surface area contributed by atoms with Crippen molar-refractivity contribution in [3.63, 3.8) is 0 Å². The standard InChI is InChI=1S/C14H22N2O4S/c1-10(17)11-5-7-12(8-6-11)21(19,20)16-9-14(2,3)13(18)15-4/h5-8,10,16-17H,9H2,1-4H3,(H,15,18). The molecule has 0 spiro atoms. The van der Waals surface area contributed by atoms with Crippen molar-refractivity contribution in [1.29, 1.82) is 0 Å². The van der Waals surface area contributed by atoms with E-state index < -0.39 is 21.5 Å². The fraction of sp³-hybridized carbons (Fsp3) is 0.500. The molecule has 0 radical (unpaired) electrons. The molecule has 0 saturated carbocycles. The highest BCUT2D eigenvalue weighted by atomic mass is 32.2. The summed E-state index contributed by atoms with van der Waals surface area (Å²) in [5, 5.41) is 11.9. The van der Waals surface area contributed by atoms with Gasteiger partial charge in [0.15, 0.2) is 0 Å². The van der Waals surface area contributed by atoms with Crippen molar-refractivity contribution < 1.29 is 18.3 Å². The molecule has 1 aromatic rings. The van der Waals surface area contributed by atoms with Crippen LogP contribution in [0.2, 0.25) is 0 Å². The molecule has 1 aromatic carbocycles. The topological polar surface area (TPSA) is 95.5 Å². The van der Waals surface area contributed by atoms with E-state index in [-0.39, 0.29) is 17.3 Å². The highest BCUT2D eigenvalue weighted by molar-refractivity contribution is 7.89. The van der Waals surface area contributed by atoms with Crippen LogP contribution in [0.4, 0.5) is 0 Å². The monoisotopic (exact) mass is 314 g/mol. The van der Waals surface area contributed by atoms with E-state index in [9.17, 15) is 18.3 Å². The molecule has 6 nitrogen and oxygen atoms in total. The molecule has 0 fully saturated rings. The fourth-order valence-electron chi connectivity index (χ4n) is 1.70. The van der Waals surface area contributed by atoms with E-state index in [2.05, 4.69) is 10.0 Å². The Kier molecular flexibility index (Phi) is 5.49. The number of nitrogens with one attached hydrogen (secondary N) is 2. The van der Waals surface area contributed by atoms with E-state index >= 15 is 0 Å². The molecular formula is C14H22N2O4S. The van der Waals surface area contributed by atoms with Gasteiger partial charge in [-0.3, -0.25) is 4.79 Å². The van der Waals surface area contributed by atoms with Gasteiger partial charge >= 0.3 is 0 Å². The van der Waals surface area contributed by atoms with Crippen molar-refractivity contribution in [2.24, 2.45) is 5.41 Å². The van der Waals surface area contributed by atoms with Crippen LogP contribution in [-0.4, -0.2) is 33.0 Å². The van der Waals surface area contributed by atoms with Crippen LogP contribution in [0.25, 0.3) is 0 Å². The summed E-state index contributed by atoms with van der Waals surface area (Å²) in [6.07, 6.45) is -0.651. The lowest BCUT2D eigenvalue weighted by atomic mass is 9.93. The maximum Gasteiger partial charge on any atom is 0.240 e. The number of aliphatic hydroxyl groups is 1. The average molecular weight is 314 g/mol. The van der Waals surface area contributed by atoms with Crippen LogP contribution in [0.3, 0.4) is 0 Å². The van der Waals surface area contributed by atoms with Crippen molar-refractivity contribution in [2.45, 2.75) is 31.8 Å². The fourth-order valence-corrected chi connectivity index (χ4v) is 2.91. The summed E-state index contributed by atoms with van der Waals surface area (Å²) in [6.45, 7) is 4.91. The zero-order valence-electron chi connectivity index (χ0n) is 12.7. The largest absolute Gasteiger partial charge is 0.389 e. The number of benzene rings is 1. The number of sulfonamides is 1. The minimum atomic E-state index is -3.69. The lowest BCUT2D eigenvalue weighted by Gasteiger charge is -2.22. The Hall–Kier alpha value is -1.44. The van der Waals surface area contributed by atoms with Crippen molar-refractivity contribution in [3.8, 4) is 0 Å². The summed E-state index contributed by atoms with van der Waals surface area (Å²) < 4.78 is 26.8. The van der Waals surface area contributed by atoms with Crippen LogP contribution in [0.5, 0.6) is 0 Å². The summed E-state index contributed by atoms with van der Waals surface area (Å²) in [5.41, 5.74) is -0.207. The first kappa shape index (κ1) is 17.6. The highest BCUT2D eigenvalue weighted by Crippen LogP contribution is 2.18. The molecule has 0 saturated heterocycles. The first-order valence-corrected chi connectivity index (χ1v) is 8.08. The number of aliphatic hydroxyl groups excluding tert-OH is 1. The molecule has 0 heterocycles. The Morgan fingerprint density at radius 3 is 2.24 bits per heavy atom. The molecule has 7 heteroatoms. The van der Waals surface area contributed by atoms with E-state index in [0.717, 1.165) is 0 Å². The Morgan fingerprint density at radius 1 is 1.29 bits per heavy atom. The lowest BCUT2D eigenvalue weighted by molar-refractivity contribution is -0.128. The van der Waals surface area contributed by atoms with Crippen LogP contribution in [0.15, 0.2) is 29.2 Å². The molecule has 3 N–H and O–H groups in total. The molecule has 0 aliphatic carbocycles. The van der Waals surface area contributed by atoms with Crippen LogP contribution >= 0.6 is 0 Å². The molecule has 1 unspecified atom stereocenters. The first-order valence-electron chi connectivity index (χ1n) is 6.60. The molecular weight excluding hydrogens is 292 g/mol. The van der Waals surface area contributed by atoms with Crippen molar-refractivity contribution in [3.05, 3.63) is 29.8 Å². The molecule has 1 atom stereocenters. The number of amides is 1. The summed E-state index contributed by atoms with van der Waals surface area (Å²) in [6, 6.07) is 5.97. The Balaban J connectivity index is 2.85. The van der Waals surface area contributed by atoms with E-state index in [1.807, 2.05) is 0 Å². The van der Waals surface area contributed by atoms with Gasteiger partial charge in [0.25, 0.3) is 0 Å². The average Bonchev–Trinajstić information content (AvgIpc) is 2.44. The van der Waals surface area contributed by atoms with E-state index in [1.54, 1.807) is 32.9 Å². The second kappa shape index (κ2) is 6.55. The third kappa shape index (κ3) is 4.52. The van der Waals surface area contributed by atoms with Crippen LogP contribution in [-0.2, 0) is 14.8 Å².